The molecule has 1 saturated heterocycles. The highest BCUT2D eigenvalue weighted by Crippen LogP contribution is 2.60. The maximum absolute atomic E-state index is 6.34. The lowest BCUT2D eigenvalue weighted by Crippen LogP contribution is -2.66. The largest absolute Gasteiger partial charge is 0.360 e. The topological polar surface area (TPSA) is 30.8 Å². The zero-order chi connectivity index (χ0) is 14.5. The quantitative estimate of drug-likeness (QED) is 0.839. The summed E-state index contributed by atoms with van der Waals surface area (Å²) in [5.41, 5.74) is 2.75. The fourth-order valence-electron chi connectivity index (χ4n) is 3.70. The average molecular weight is 279 g/mol. The van der Waals surface area contributed by atoms with Gasteiger partial charge in [0, 0.05) is 6.92 Å². The standard InChI is InChI=1S/C18H17NO2/c1-13-16-17(2,21-19-13)20-18(16,14-9-5-3-6-10-14)15-11-7-4-8-12-15/h3-12,16H,1-2H3/t16-,17+/m1/s1. The molecule has 2 atom stereocenters. The van der Waals surface area contributed by atoms with Crippen molar-refractivity contribution in [2.75, 3.05) is 0 Å². The van der Waals surface area contributed by atoms with Gasteiger partial charge >= 0.3 is 0 Å². The second kappa shape index (κ2) is 4.18. The van der Waals surface area contributed by atoms with E-state index in [4.69, 9.17) is 9.57 Å². The lowest BCUT2D eigenvalue weighted by Gasteiger charge is -2.56. The predicted molar refractivity (Wildman–Crippen MR) is 80.8 cm³/mol. The number of hydrogen-bond acceptors (Lipinski definition) is 3. The van der Waals surface area contributed by atoms with Crippen LogP contribution in [0.2, 0.25) is 0 Å². The van der Waals surface area contributed by atoms with Gasteiger partial charge in [0.2, 0.25) is 5.79 Å². The third-order valence-corrected chi connectivity index (χ3v) is 4.49. The molecule has 0 N–H and O–H groups in total. The van der Waals surface area contributed by atoms with E-state index in [9.17, 15) is 0 Å². The van der Waals surface area contributed by atoms with Gasteiger partial charge < -0.3 is 9.57 Å². The van der Waals surface area contributed by atoms with Crippen molar-refractivity contribution in [3.8, 4) is 0 Å². The lowest BCUT2D eigenvalue weighted by molar-refractivity contribution is -0.381. The molecule has 3 nitrogen and oxygen atoms in total. The summed E-state index contributed by atoms with van der Waals surface area (Å²) in [7, 11) is 0. The molecule has 2 heterocycles. The maximum Gasteiger partial charge on any atom is 0.246 e. The van der Waals surface area contributed by atoms with Crippen LogP contribution >= 0.6 is 0 Å². The van der Waals surface area contributed by atoms with Crippen LogP contribution in [0.3, 0.4) is 0 Å². The van der Waals surface area contributed by atoms with Crippen LogP contribution in [0, 0.1) is 5.92 Å². The average Bonchev–Trinajstić information content (AvgIpc) is 2.75. The van der Waals surface area contributed by atoms with Crippen LogP contribution in [0.4, 0.5) is 0 Å². The molecule has 2 aromatic carbocycles. The van der Waals surface area contributed by atoms with Crippen molar-refractivity contribution in [1.82, 2.24) is 0 Å². The van der Waals surface area contributed by atoms with Gasteiger partial charge in [0.25, 0.3) is 0 Å². The van der Waals surface area contributed by atoms with E-state index in [1.165, 1.54) is 0 Å². The zero-order valence-electron chi connectivity index (χ0n) is 12.1. The van der Waals surface area contributed by atoms with Gasteiger partial charge in [0.05, 0.1) is 5.71 Å². The van der Waals surface area contributed by atoms with Crippen molar-refractivity contribution in [2.24, 2.45) is 11.1 Å². The molecule has 0 unspecified atom stereocenters. The molecule has 2 aromatic rings. The number of hydrogen-bond donors (Lipinski definition) is 0. The predicted octanol–water partition coefficient (Wildman–Crippen LogP) is 3.70. The number of benzene rings is 2. The summed E-state index contributed by atoms with van der Waals surface area (Å²) in [5, 5.41) is 4.17. The fraction of sp³-hybridized carbons (Fsp3) is 0.278. The monoisotopic (exact) mass is 279 g/mol. The van der Waals surface area contributed by atoms with E-state index in [0.717, 1.165) is 16.8 Å². The maximum atomic E-state index is 6.34. The molecule has 0 radical (unpaired) electrons. The van der Waals surface area contributed by atoms with E-state index < -0.39 is 11.4 Å². The summed E-state index contributed by atoms with van der Waals surface area (Å²) in [4.78, 5) is 5.52. The number of fused-ring (bicyclic) bond motifs is 1. The summed E-state index contributed by atoms with van der Waals surface area (Å²) < 4.78 is 6.34. The molecule has 0 amide bonds. The van der Waals surface area contributed by atoms with Crippen molar-refractivity contribution in [3.05, 3.63) is 71.8 Å². The van der Waals surface area contributed by atoms with Gasteiger partial charge in [0.15, 0.2) is 0 Å². The highest BCUT2D eigenvalue weighted by Gasteiger charge is 2.70. The highest BCUT2D eigenvalue weighted by atomic mass is 16.8. The molecule has 4 rings (SSSR count). The van der Waals surface area contributed by atoms with E-state index >= 15 is 0 Å². The minimum atomic E-state index is -0.657. The summed E-state index contributed by atoms with van der Waals surface area (Å²) in [5.74, 6) is -0.565. The molecule has 21 heavy (non-hydrogen) atoms. The molecule has 2 aliphatic heterocycles. The first-order valence-electron chi connectivity index (χ1n) is 7.21. The van der Waals surface area contributed by atoms with Crippen LogP contribution < -0.4 is 0 Å². The first kappa shape index (κ1) is 12.6. The summed E-state index contributed by atoms with van der Waals surface area (Å²) in [6.07, 6.45) is 0. The SMILES string of the molecule is CC1=NO[C@]2(C)OC(c3ccccc3)(c3ccccc3)[C@H]12. The van der Waals surface area contributed by atoms with Gasteiger partial charge in [0.1, 0.15) is 11.5 Å². The number of ether oxygens (including phenoxy) is 1. The first-order valence-corrected chi connectivity index (χ1v) is 7.21. The Morgan fingerprint density at radius 1 is 0.905 bits per heavy atom. The number of oxime groups is 1. The Bertz CT molecular complexity index is 656. The molecule has 0 aliphatic carbocycles. The third-order valence-electron chi connectivity index (χ3n) is 4.49. The molecule has 2 aliphatic rings. The van der Waals surface area contributed by atoms with E-state index in [-0.39, 0.29) is 5.92 Å². The Morgan fingerprint density at radius 2 is 1.43 bits per heavy atom. The lowest BCUT2D eigenvalue weighted by atomic mass is 9.65. The Kier molecular flexibility index (Phi) is 2.51. The Labute approximate surface area is 124 Å². The molecule has 0 aromatic heterocycles. The van der Waals surface area contributed by atoms with E-state index in [1.807, 2.05) is 50.2 Å². The van der Waals surface area contributed by atoms with Gasteiger partial charge in [-0.05, 0) is 18.1 Å². The number of rotatable bonds is 2. The number of nitrogens with zero attached hydrogens (tertiary/aromatic N) is 1. The summed E-state index contributed by atoms with van der Waals surface area (Å²) >= 11 is 0. The van der Waals surface area contributed by atoms with Crippen LogP contribution in [0.25, 0.3) is 0 Å². The second-order valence-electron chi connectivity index (χ2n) is 5.84. The van der Waals surface area contributed by atoms with Crippen LogP contribution in [0.15, 0.2) is 65.8 Å². The Balaban J connectivity index is 1.92. The van der Waals surface area contributed by atoms with Gasteiger partial charge in [-0.2, -0.15) is 0 Å². The van der Waals surface area contributed by atoms with Crippen molar-refractivity contribution in [1.29, 1.82) is 0 Å². The first-order chi connectivity index (χ1) is 10.2. The molecule has 3 heteroatoms. The van der Waals surface area contributed by atoms with Gasteiger partial charge in [-0.25, -0.2) is 0 Å². The van der Waals surface area contributed by atoms with Crippen LogP contribution in [-0.4, -0.2) is 11.5 Å². The molecule has 0 spiro atoms. The van der Waals surface area contributed by atoms with Crippen molar-refractivity contribution < 1.29 is 9.57 Å². The van der Waals surface area contributed by atoms with Crippen LogP contribution in [0.1, 0.15) is 25.0 Å². The van der Waals surface area contributed by atoms with Crippen molar-refractivity contribution in [2.45, 2.75) is 25.2 Å². The van der Waals surface area contributed by atoms with Crippen molar-refractivity contribution >= 4 is 5.71 Å². The minimum absolute atomic E-state index is 0.0924. The van der Waals surface area contributed by atoms with E-state index in [2.05, 4.69) is 29.4 Å². The highest BCUT2D eigenvalue weighted by molar-refractivity contribution is 5.89. The van der Waals surface area contributed by atoms with E-state index in [0.29, 0.717) is 0 Å². The Morgan fingerprint density at radius 3 is 1.90 bits per heavy atom. The van der Waals surface area contributed by atoms with Crippen LogP contribution in [0.5, 0.6) is 0 Å². The summed E-state index contributed by atoms with van der Waals surface area (Å²) in [6, 6.07) is 20.6. The van der Waals surface area contributed by atoms with Crippen molar-refractivity contribution in [3.63, 3.8) is 0 Å². The molecular formula is C18H17NO2. The van der Waals surface area contributed by atoms with E-state index in [1.54, 1.807) is 0 Å². The second-order valence-corrected chi connectivity index (χ2v) is 5.84. The van der Waals surface area contributed by atoms with Gasteiger partial charge in [-0.1, -0.05) is 65.8 Å². The molecule has 0 bridgehead atoms. The van der Waals surface area contributed by atoms with Gasteiger partial charge in [-0.3, -0.25) is 0 Å². The molecule has 106 valence electrons. The molecule has 1 fully saturated rings. The molecule has 0 saturated carbocycles. The normalized spacial score (nSPS) is 29.0. The van der Waals surface area contributed by atoms with Crippen LogP contribution in [-0.2, 0) is 15.2 Å². The Hall–Kier alpha value is -2.13. The zero-order valence-corrected chi connectivity index (χ0v) is 12.1. The minimum Gasteiger partial charge on any atom is -0.360 e. The molecular weight excluding hydrogens is 262 g/mol. The smallest absolute Gasteiger partial charge is 0.246 e. The summed E-state index contributed by atoms with van der Waals surface area (Å²) in [6.45, 7) is 3.97. The third kappa shape index (κ3) is 1.55. The van der Waals surface area contributed by atoms with Gasteiger partial charge in [-0.15, -0.1) is 0 Å². The fourth-order valence-corrected chi connectivity index (χ4v) is 3.70.